The fraction of sp³-hybridized carbons (Fsp3) is 0.562. The first-order valence-electron chi connectivity index (χ1n) is 8.11. The van der Waals surface area contributed by atoms with Crippen LogP contribution in [0, 0.1) is 0 Å². The molecule has 0 fully saturated rings. The van der Waals surface area contributed by atoms with E-state index < -0.39 is 10.0 Å². The van der Waals surface area contributed by atoms with Gasteiger partial charge in [-0.3, -0.25) is 4.79 Å². The summed E-state index contributed by atoms with van der Waals surface area (Å²) < 4.78 is 27.8. The molecule has 136 valence electrons. The van der Waals surface area contributed by atoms with Crippen molar-refractivity contribution in [1.29, 1.82) is 0 Å². The minimum atomic E-state index is -3.60. The van der Waals surface area contributed by atoms with Crippen molar-refractivity contribution < 1.29 is 13.2 Å². The Labute approximate surface area is 150 Å². The molecule has 0 saturated carbocycles. The molecular formula is C16H26ClN3O3S. The molecule has 8 heteroatoms. The number of amides is 1. The van der Waals surface area contributed by atoms with Crippen molar-refractivity contribution in [1.82, 2.24) is 4.72 Å². The first kappa shape index (κ1) is 20.9. The average Bonchev–Trinajstić information content (AvgIpc) is 2.71. The van der Waals surface area contributed by atoms with Crippen molar-refractivity contribution in [2.45, 2.75) is 56.4 Å². The number of nitrogens with one attached hydrogen (secondary N) is 2. The molecule has 4 N–H and O–H groups in total. The van der Waals surface area contributed by atoms with Crippen LogP contribution in [0.2, 0.25) is 0 Å². The molecule has 0 saturated heterocycles. The number of rotatable bonds is 7. The van der Waals surface area contributed by atoms with Crippen LogP contribution in [0.3, 0.4) is 0 Å². The van der Waals surface area contributed by atoms with Crippen molar-refractivity contribution in [2.24, 2.45) is 5.73 Å². The molecular weight excluding hydrogens is 350 g/mol. The molecule has 1 atom stereocenters. The maximum Gasteiger partial charge on any atom is 0.240 e. The van der Waals surface area contributed by atoms with Crippen molar-refractivity contribution >= 4 is 34.0 Å². The van der Waals surface area contributed by atoms with E-state index in [1.165, 1.54) is 6.07 Å². The van der Waals surface area contributed by atoms with E-state index in [1.807, 2.05) is 0 Å². The van der Waals surface area contributed by atoms with Crippen LogP contribution in [0.1, 0.15) is 44.6 Å². The maximum atomic E-state index is 12.5. The van der Waals surface area contributed by atoms with Crippen molar-refractivity contribution in [3.63, 3.8) is 0 Å². The maximum absolute atomic E-state index is 12.5. The largest absolute Gasteiger partial charge is 0.329 e. The molecule has 1 aliphatic heterocycles. The summed E-state index contributed by atoms with van der Waals surface area (Å²) in [6.07, 6.45) is 4.52. The number of anilines is 1. The standard InChI is InChI=1S/C16H25N3O3S.ClH/c1-2-3-6-13(11-17)19-23(21,22)14-8-9-15-12(10-14)5-4-7-16(20)18-15;/h8-10,13,19H,2-7,11,17H2,1H3,(H,18,20);1H. The molecule has 1 aromatic carbocycles. The molecule has 0 bridgehead atoms. The lowest BCUT2D eigenvalue weighted by molar-refractivity contribution is -0.116. The van der Waals surface area contributed by atoms with Gasteiger partial charge in [-0.05, 0) is 43.0 Å². The molecule has 1 amide bonds. The number of hydrogen-bond donors (Lipinski definition) is 3. The quantitative estimate of drug-likeness (QED) is 0.679. The number of sulfonamides is 1. The lowest BCUT2D eigenvalue weighted by Crippen LogP contribution is -2.40. The highest BCUT2D eigenvalue weighted by Gasteiger charge is 2.21. The second-order valence-electron chi connectivity index (χ2n) is 5.92. The van der Waals surface area contributed by atoms with E-state index in [1.54, 1.807) is 12.1 Å². The van der Waals surface area contributed by atoms with Gasteiger partial charge in [0.05, 0.1) is 4.90 Å². The first-order valence-corrected chi connectivity index (χ1v) is 9.59. The van der Waals surface area contributed by atoms with Gasteiger partial charge in [0.2, 0.25) is 15.9 Å². The van der Waals surface area contributed by atoms with E-state index in [2.05, 4.69) is 17.0 Å². The Bertz CT molecular complexity index is 665. The summed E-state index contributed by atoms with van der Waals surface area (Å²) in [5.41, 5.74) is 7.23. The average molecular weight is 376 g/mol. The molecule has 2 rings (SSSR count). The SMILES string of the molecule is CCCCC(CN)NS(=O)(=O)c1ccc2c(c1)CCCC(=O)N2.Cl. The van der Waals surface area contributed by atoms with Crippen LogP contribution in [0.4, 0.5) is 5.69 Å². The van der Waals surface area contributed by atoms with Crippen LogP contribution < -0.4 is 15.8 Å². The molecule has 0 radical (unpaired) electrons. The van der Waals surface area contributed by atoms with Crippen LogP contribution in [0.25, 0.3) is 0 Å². The Kier molecular flexibility index (Phi) is 8.15. The Balaban J connectivity index is 0.00000288. The number of carbonyl (C=O) groups is 1. The number of halogens is 1. The third kappa shape index (κ3) is 5.44. The van der Waals surface area contributed by atoms with E-state index in [-0.39, 0.29) is 35.8 Å². The molecule has 0 aliphatic carbocycles. The molecule has 6 nitrogen and oxygen atoms in total. The summed E-state index contributed by atoms with van der Waals surface area (Å²) in [5, 5.41) is 2.81. The third-order valence-electron chi connectivity index (χ3n) is 4.02. The summed E-state index contributed by atoms with van der Waals surface area (Å²) in [5.74, 6) is -0.0276. The van der Waals surface area contributed by atoms with Gasteiger partial charge in [0.25, 0.3) is 0 Å². The minimum absolute atomic E-state index is 0. The monoisotopic (exact) mass is 375 g/mol. The number of nitrogens with two attached hydrogens (primary N) is 1. The smallest absolute Gasteiger partial charge is 0.240 e. The van der Waals surface area contributed by atoms with Crippen molar-refractivity contribution in [2.75, 3.05) is 11.9 Å². The normalized spacial score (nSPS) is 15.7. The van der Waals surface area contributed by atoms with Crippen molar-refractivity contribution in [3.05, 3.63) is 23.8 Å². The Morgan fingerprint density at radius 3 is 2.75 bits per heavy atom. The number of aryl methyl sites for hydroxylation is 1. The first-order chi connectivity index (χ1) is 11.0. The van der Waals surface area contributed by atoms with Gasteiger partial charge in [0.15, 0.2) is 0 Å². The molecule has 1 aliphatic rings. The lowest BCUT2D eigenvalue weighted by Gasteiger charge is -2.17. The zero-order valence-electron chi connectivity index (χ0n) is 13.9. The van der Waals surface area contributed by atoms with Crippen LogP contribution in [-0.4, -0.2) is 26.9 Å². The predicted octanol–water partition coefficient (Wildman–Crippen LogP) is 2.18. The van der Waals surface area contributed by atoms with Gasteiger partial charge in [-0.25, -0.2) is 13.1 Å². The Morgan fingerprint density at radius 2 is 2.08 bits per heavy atom. The van der Waals surface area contributed by atoms with Gasteiger partial charge < -0.3 is 11.1 Å². The molecule has 0 aromatic heterocycles. The molecule has 1 unspecified atom stereocenters. The van der Waals surface area contributed by atoms with Crippen molar-refractivity contribution in [3.8, 4) is 0 Å². The topological polar surface area (TPSA) is 101 Å². The third-order valence-corrected chi connectivity index (χ3v) is 5.54. The van der Waals surface area contributed by atoms with Gasteiger partial charge >= 0.3 is 0 Å². The van der Waals surface area contributed by atoms with Gasteiger partial charge in [0, 0.05) is 24.7 Å². The predicted molar refractivity (Wildman–Crippen MR) is 97.9 cm³/mol. The van der Waals surface area contributed by atoms with E-state index in [9.17, 15) is 13.2 Å². The van der Waals surface area contributed by atoms with E-state index >= 15 is 0 Å². The van der Waals surface area contributed by atoms with Gasteiger partial charge in [-0.1, -0.05) is 19.8 Å². The summed E-state index contributed by atoms with van der Waals surface area (Å²) in [6, 6.07) is 4.59. The Hall–Kier alpha value is -1.15. The number of unbranched alkanes of at least 4 members (excludes halogenated alkanes) is 1. The Morgan fingerprint density at radius 1 is 1.33 bits per heavy atom. The summed E-state index contributed by atoms with van der Waals surface area (Å²) in [4.78, 5) is 11.8. The fourth-order valence-electron chi connectivity index (χ4n) is 2.68. The molecule has 0 spiro atoms. The van der Waals surface area contributed by atoms with Crippen LogP contribution in [-0.2, 0) is 21.2 Å². The molecule has 1 heterocycles. The second-order valence-corrected chi connectivity index (χ2v) is 7.63. The van der Waals surface area contributed by atoms with E-state index in [0.29, 0.717) is 18.5 Å². The fourth-order valence-corrected chi connectivity index (χ4v) is 4.01. The van der Waals surface area contributed by atoms with Crippen LogP contribution in [0.15, 0.2) is 23.1 Å². The zero-order valence-corrected chi connectivity index (χ0v) is 15.5. The van der Waals surface area contributed by atoms with Gasteiger partial charge in [0.1, 0.15) is 0 Å². The summed E-state index contributed by atoms with van der Waals surface area (Å²) in [6.45, 7) is 2.34. The summed E-state index contributed by atoms with van der Waals surface area (Å²) >= 11 is 0. The number of benzene rings is 1. The highest BCUT2D eigenvalue weighted by molar-refractivity contribution is 7.89. The number of fused-ring (bicyclic) bond motifs is 1. The van der Waals surface area contributed by atoms with Crippen LogP contribution >= 0.6 is 12.4 Å². The van der Waals surface area contributed by atoms with Crippen LogP contribution in [0.5, 0.6) is 0 Å². The lowest BCUT2D eigenvalue weighted by atomic mass is 10.1. The zero-order chi connectivity index (χ0) is 16.9. The second kappa shape index (κ2) is 9.36. The van der Waals surface area contributed by atoms with E-state index in [4.69, 9.17) is 5.73 Å². The minimum Gasteiger partial charge on any atom is -0.329 e. The van der Waals surface area contributed by atoms with Gasteiger partial charge in [-0.2, -0.15) is 0 Å². The molecule has 24 heavy (non-hydrogen) atoms. The summed E-state index contributed by atoms with van der Waals surface area (Å²) in [7, 11) is -3.60. The van der Waals surface area contributed by atoms with E-state index in [0.717, 1.165) is 31.2 Å². The number of carbonyl (C=O) groups excluding carboxylic acids is 1. The highest BCUT2D eigenvalue weighted by Crippen LogP contribution is 2.25. The molecule has 1 aromatic rings. The number of hydrogen-bond acceptors (Lipinski definition) is 4. The highest BCUT2D eigenvalue weighted by atomic mass is 35.5. The van der Waals surface area contributed by atoms with Gasteiger partial charge in [-0.15, -0.1) is 12.4 Å².